The number of primary amides is 1. The number of rotatable bonds is 24. The van der Waals surface area contributed by atoms with Gasteiger partial charge in [-0.15, -0.1) is 0 Å². The van der Waals surface area contributed by atoms with Gasteiger partial charge in [-0.3, -0.25) is 43.4 Å². The van der Waals surface area contributed by atoms with Crippen molar-refractivity contribution in [2.24, 2.45) is 29.4 Å². The number of amides is 7. The highest BCUT2D eigenvalue weighted by molar-refractivity contribution is 7.80. The van der Waals surface area contributed by atoms with Crippen LogP contribution in [0.3, 0.4) is 0 Å². The number of likely N-dealkylation sites (N-methyl/N-ethyl adjacent to an activating group) is 1. The van der Waals surface area contributed by atoms with Gasteiger partial charge < -0.3 is 55.0 Å². The van der Waals surface area contributed by atoms with Gasteiger partial charge in [-0.05, 0) is 112 Å². The van der Waals surface area contributed by atoms with E-state index in [2.05, 4.69) is 15.6 Å². The van der Waals surface area contributed by atoms with Crippen LogP contribution in [0.4, 0.5) is 10.5 Å². The maximum atomic E-state index is 14.7. The number of aliphatic hydroxyl groups is 1. The minimum absolute atomic E-state index is 0.0186. The van der Waals surface area contributed by atoms with Gasteiger partial charge in [-0.1, -0.05) is 93.9 Å². The van der Waals surface area contributed by atoms with Crippen LogP contribution in [0.5, 0.6) is 5.75 Å². The lowest BCUT2D eigenvalue weighted by molar-refractivity contribution is -0.187. The van der Waals surface area contributed by atoms with Gasteiger partial charge in [0.1, 0.15) is 46.3 Å². The monoisotopic (exact) mass is 1300 g/mol. The molecular formula is C67H88ClN7O15S. The molecule has 3 fully saturated rings. The quantitative estimate of drug-likeness (QED) is 0.0220. The number of hydrogen-bond donors (Lipinski definition) is 4. The van der Waals surface area contributed by atoms with Crippen molar-refractivity contribution in [1.82, 2.24) is 25.4 Å². The minimum atomic E-state index is -1.67. The zero-order chi connectivity index (χ0) is 66.8. The number of halogens is 1. The number of carbonyl (C=O) groups excluding carboxylic acids is 9. The van der Waals surface area contributed by atoms with Gasteiger partial charge in [-0.25, -0.2) is 9.59 Å². The maximum absolute atomic E-state index is 14.7. The van der Waals surface area contributed by atoms with Crippen molar-refractivity contribution < 1.29 is 71.9 Å². The predicted molar refractivity (Wildman–Crippen MR) is 345 cm³/mol. The van der Waals surface area contributed by atoms with Gasteiger partial charge in [0.15, 0.2) is 5.78 Å². The first kappa shape index (κ1) is 71.3. The van der Waals surface area contributed by atoms with E-state index < -0.39 is 95.7 Å². The third-order valence-corrected chi connectivity index (χ3v) is 19.0. The summed E-state index contributed by atoms with van der Waals surface area (Å²) in [6, 6.07) is 6.98. The molecule has 5 N–H and O–H groups in total. The average Bonchev–Trinajstić information content (AvgIpc) is 1.58. The molecule has 4 aliphatic rings. The fourth-order valence-electron chi connectivity index (χ4n) is 12.4. The van der Waals surface area contributed by atoms with E-state index in [0.717, 1.165) is 17.6 Å². The van der Waals surface area contributed by atoms with Crippen LogP contribution < -0.4 is 26.0 Å². The summed E-state index contributed by atoms with van der Waals surface area (Å²) in [6.07, 6.45) is 6.04. The maximum Gasteiger partial charge on any atom is 0.328 e. The number of carbonyl (C=O) groups is 9. The summed E-state index contributed by atoms with van der Waals surface area (Å²) in [6.45, 7) is 12.9. The number of fused-ring (bicyclic) bond motifs is 6. The highest BCUT2D eigenvalue weighted by Crippen LogP contribution is 2.50. The SMILES string of the molecule is COc1cc2cc(c1Cl)N(C)C(=O)C[C@H](OC(=O)[C@H](C)N(C)C(=O)c1ccc(CC(=O)[C@H](CCCNC(N)=O)NC(=O)[C@@H](CC(=S)CCCCCN3C(=O)CC(C)C3=O)C(C)C)c3ncccc13)[C@]1(C)O[C@H]1[C@H](C)[C@@H]1C[C@@](O)(CC(=O)O1)[C@H](OC)/C=C/C=C(\C)C2. The predicted octanol–water partition coefficient (Wildman–Crippen LogP) is 7.66. The second kappa shape index (κ2) is 31.0. The Kier molecular flexibility index (Phi) is 24.2. The molecule has 1 unspecified atom stereocenters. The van der Waals surface area contributed by atoms with Gasteiger partial charge >= 0.3 is 18.0 Å². The summed E-state index contributed by atoms with van der Waals surface area (Å²) >= 11 is 12.7. The van der Waals surface area contributed by atoms with Crippen molar-refractivity contribution in [3.63, 3.8) is 0 Å². The van der Waals surface area contributed by atoms with E-state index in [4.69, 9.17) is 53.2 Å². The molecule has 4 bridgehead atoms. The minimum Gasteiger partial charge on any atom is -0.495 e. The Morgan fingerprint density at radius 1 is 1.01 bits per heavy atom. The summed E-state index contributed by atoms with van der Waals surface area (Å²) in [4.78, 5) is 131. The number of hydrogen-bond acceptors (Lipinski definition) is 17. The number of nitrogens with two attached hydrogens (primary N) is 1. The molecule has 0 radical (unpaired) electrons. The Labute approximate surface area is 542 Å². The first-order valence-electron chi connectivity index (χ1n) is 31.2. The van der Waals surface area contributed by atoms with Crippen LogP contribution in [0.1, 0.15) is 141 Å². The number of likely N-dealkylation sites (tertiary alicyclic amines) is 1. The Morgan fingerprint density at radius 2 is 1.75 bits per heavy atom. The molecular weight excluding hydrogens is 1210 g/mol. The van der Waals surface area contributed by atoms with Gasteiger partial charge in [0, 0.05) is 88.5 Å². The number of methoxy groups -OCH3 is 2. The van der Waals surface area contributed by atoms with Crippen molar-refractivity contribution in [1.29, 1.82) is 0 Å². The number of epoxide rings is 1. The van der Waals surface area contributed by atoms with Crippen LogP contribution in [0.2, 0.25) is 5.02 Å². The number of benzene rings is 2. The zero-order valence-electron chi connectivity index (χ0n) is 54.0. The number of pyridine rings is 1. The molecule has 7 rings (SSSR count). The lowest BCUT2D eigenvalue weighted by Crippen LogP contribution is -2.53. The molecule has 24 heteroatoms. The summed E-state index contributed by atoms with van der Waals surface area (Å²) in [7, 11) is 5.89. The molecule has 4 aliphatic heterocycles. The van der Waals surface area contributed by atoms with Crippen molar-refractivity contribution in [2.75, 3.05) is 46.3 Å². The summed E-state index contributed by atoms with van der Waals surface area (Å²) < 4.78 is 30.0. The number of anilines is 1. The Hall–Kier alpha value is -7.18. The molecule has 11 atom stereocenters. The molecule has 0 aliphatic carbocycles. The molecule has 7 amide bonds. The number of Topliss-reactive ketones (excluding diaryl/α,β-unsaturated/α-hetero) is 1. The van der Waals surface area contributed by atoms with E-state index in [9.17, 15) is 48.3 Å². The van der Waals surface area contributed by atoms with E-state index in [1.807, 2.05) is 26.8 Å². The number of esters is 2. The molecule has 22 nitrogen and oxygen atoms in total. The van der Waals surface area contributed by atoms with E-state index in [-0.39, 0.29) is 84.6 Å². The number of ether oxygens (including phenoxy) is 5. The van der Waals surface area contributed by atoms with E-state index in [1.54, 1.807) is 76.4 Å². The Bertz CT molecular complexity index is 3340. The number of unbranched alkanes of at least 4 members (excludes halogenated alkanes) is 2. The van der Waals surface area contributed by atoms with Crippen molar-refractivity contribution in [3.8, 4) is 5.75 Å². The van der Waals surface area contributed by atoms with Crippen molar-refractivity contribution in [3.05, 3.63) is 88.1 Å². The first-order chi connectivity index (χ1) is 43.0. The smallest absolute Gasteiger partial charge is 0.328 e. The van der Waals surface area contributed by atoms with Crippen LogP contribution in [0, 0.1) is 23.7 Å². The first-order valence-corrected chi connectivity index (χ1v) is 32.0. The second-order valence-electron chi connectivity index (χ2n) is 25.3. The average molecular weight is 1300 g/mol. The van der Waals surface area contributed by atoms with Gasteiger partial charge in [-0.2, -0.15) is 0 Å². The van der Waals surface area contributed by atoms with E-state index in [1.165, 1.54) is 49.1 Å². The van der Waals surface area contributed by atoms with Crippen molar-refractivity contribution in [2.45, 2.75) is 180 Å². The van der Waals surface area contributed by atoms with E-state index in [0.29, 0.717) is 77.8 Å². The highest BCUT2D eigenvalue weighted by Gasteiger charge is 2.64. The number of allylic oxidation sites excluding steroid dienone is 3. The number of urea groups is 1. The number of imide groups is 1. The zero-order valence-corrected chi connectivity index (χ0v) is 55.5. The summed E-state index contributed by atoms with van der Waals surface area (Å²) in [5.74, 6) is -4.96. The largest absolute Gasteiger partial charge is 0.495 e. The molecule has 91 heavy (non-hydrogen) atoms. The third-order valence-electron chi connectivity index (χ3n) is 18.2. The van der Waals surface area contributed by atoms with Crippen LogP contribution in [-0.2, 0) is 65.4 Å². The molecule has 1 aromatic heterocycles. The lowest BCUT2D eigenvalue weighted by Gasteiger charge is -2.41. The van der Waals surface area contributed by atoms with Gasteiger partial charge in [0.05, 0.1) is 43.3 Å². The standard InChI is InChI=1S/C67H88ClN7O15S/c1-37(2)47(33-44(91)19-13-12-14-27-75-56(78)29-39(4)62(75)81)61(80)72-48(21-17-26-71-65(69)84)50(76)32-43-23-24-46(45-20-16-25-70-59(43)45)63(82)73(8)41(6)64(83)89-54-34-55(77)74(9)49-30-42(31-51(86-10)58(49)68)28-38(3)18-15-22-53(87-11)67(85)35-52(88-57(79)36-67)40(5)60-66(54,7)90-60/h15-16,18,20,22-25,30-31,37,39-41,47-48,52-54,60,85H,12-14,17,19,21,26-29,32-36H2,1-11H3,(H,72,80)(H3,69,71,84)/b22-15+,38-18+/t39?,40-,41+,47+,48+,52+,53-,54+,60+,66+,67-/m1/s1. The van der Waals surface area contributed by atoms with E-state index >= 15 is 0 Å². The molecule has 3 aromatic rings. The Balaban J connectivity index is 1.08. The summed E-state index contributed by atoms with van der Waals surface area (Å²) in [5.41, 5.74) is 5.23. The third kappa shape index (κ3) is 17.3. The van der Waals surface area contributed by atoms with Crippen LogP contribution >= 0.6 is 23.8 Å². The Morgan fingerprint density at radius 3 is 2.42 bits per heavy atom. The normalized spacial score (nSPS) is 25.5. The highest BCUT2D eigenvalue weighted by atomic mass is 35.5. The molecule has 5 heterocycles. The van der Waals surface area contributed by atoms with Crippen molar-refractivity contribution >= 4 is 98.6 Å². The summed E-state index contributed by atoms with van der Waals surface area (Å²) in [5, 5.41) is 18.1. The fourth-order valence-corrected chi connectivity index (χ4v) is 13.1. The number of thiocarbonyl (C=S) groups is 1. The fraction of sp³-hybridized carbons (Fsp3) is 0.567. The molecule has 0 spiro atoms. The molecule has 0 saturated carbocycles. The van der Waals surface area contributed by atoms with Crippen LogP contribution in [-0.4, -0.2) is 167 Å². The molecule has 494 valence electrons. The van der Waals surface area contributed by atoms with Crippen LogP contribution in [0.25, 0.3) is 10.9 Å². The number of aromatic nitrogens is 1. The number of ketones is 1. The second-order valence-corrected chi connectivity index (χ2v) is 26.3. The van der Waals surface area contributed by atoms with Crippen LogP contribution in [0.15, 0.2) is 66.4 Å². The molecule has 2 aromatic carbocycles. The molecule has 3 saturated heterocycles. The topological polar surface area (TPSA) is 296 Å². The lowest BCUT2D eigenvalue weighted by atomic mass is 9.78. The van der Waals surface area contributed by atoms with Gasteiger partial charge in [0.2, 0.25) is 23.6 Å². The van der Waals surface area contributed by atoms with Gasteiger partial charge in [0.25, 0.3) is 5.91 Å². The number of nitrogens with zero attached hydrogens (tertiary/aromatic N) is 4. The number of nitrogens with one attached hydrogen (secondary N) is 2.